The molecule has 0 atom stereocenters. The number of fused-ring (bicyclic) bond motifs is 1. The first-order chi connectivity index (χ1) is 13.5. The summed E-state index contributed by atoms with van der Waals surface area (Å²) >= 11 is 1.24. The van der Waals surface area contributed by atoms with E-state index in [0.29, 0.717) is 34.2 Å². The number of hydrogen-bond acceptors (Lipinski definition) is 6. The highest BCUT2D eigenvalue weighted by molar-refractivity contribution is 7.89. The van der Waals surface area contributed by atoms with Gasteiger partial charge in [-0.05, 0) is 43.2 Å². The van der Waals surface area contributed by atoms with Gasteiger partial charge < -0.3 is 4.74 Å². The van der Waals surface area contributed by atoms with Crippen molar-refractivity contribution in [1.29, 1.82) is 0 Å². The lowest BCUT2D eigenvalue weighted by Gasteiger charge is -2.15. The molecule has 0 aliphatic carbocycles. The molecule has 3 aromatic rings. The smallest absolute Gasteiger partial charge is 0.264 e. The third kappa shape index (κ3) is 4.01. The summed E-state index contributed by atoms with van der Waals surface area (Å²) in [5.74, 6) is 0.284. The summed E-state index contributed by atoms with van der Waals surface area (Å²) in [5.41, 5.74) is 0.643. The lowest BCUT2D eigenvalue weighted by Crippen LogP contribution is -2.27. The molecule has 0 unspecified atom stereocenters. The zero-order valence-corrected chi connectivity index (χ0v) is 16.6. The second-order valence-corrected chi connectivity index (χ2v) is 9.38. The van der Waals surface area contributed by atoms with Crippen molar-refractivity contribution in [2.24, 2.45) is 0 Å². The van der Waals surface area contributed by atoms with Gasteiger partial charge in [0.25, 0.3) is 5.91 Å². The number of benzene rings is 2. The third-order valence-electron chi connectivity index (χ3n) is 4.42. The molecule has 0 spiro atoms. The Balaban J connectivity index is 1.46. The predicted octanol–water partition coefficient (Wildman–Crippen LogP) is 3.10. The van der Waals surface area contributed by atoms with Crippen molar-refractivity contribution in [1.82, 2.24) is 9.29 Å². The molecule has 1 aromatic heterocycles. The van der Waals surface area contributed by atoms with Crippen molar-refractivity contribution in [2.75, 3.05) is 25.0 Å². The molecule has 1 N–H and O–H groups in total. The highest BCUT2D eigenvalue weighted by atomic mass is 32.2. The van der Waals surface area contributed by atoms with Gasteiger partial charge in [-0.3, -0.25) is 10.1 Å². The number of hydrogen-bond donors (Lipinski definition) is 1. The molecule has 1 amide bonds. The van der Waals surface area contributed by atoms with Crippen molar-refractivity contribution < 1.29 is 17.9 Å². The molecule has 1 saturated heterocycles. The first kappa shape index (κ1) is 18.9. The molecular weight excluding hydrogens is 398 g/mol. The van der Waals surface area contributed by atoms with Gasteiger partial charge in [0.1, 0.15) is 5.75 Å². The highest BCUT2D eigenvalue weighted by Crippen LogP contribution is 2.30. The minimum atomic E-state index is -3.48. The van der Waals surface area contributed by atoms with Gasteiger partial charge in [-0.25, -0.2) is 13.4 Å². The third-order valence-corrected chi connectivity index (χ3v) is 7.25. The number of carbonyl (C=O) groups excluding carboxylic acids is 1. The van der Waals surface area contributed by atoms with Crippen LogP contribution in [0, 0.1) is 0 Å². The van der Waals surface area contributed by atoms with Gasteiger partial charge in [0, 0.05) is 13.1 Å². The van der Waals surface area contributed by atoms with Crippen molar-refractivity contribution >= 4 is 42.6 Å². The van der Waals surface area contributed by atoms with E-state index in [2.05, 4.69) is 10.3 Å². The molecule has 0 radical (unpaired) electrons. The number of carbonyl (C=O) groups is 1. The first-order valence-electron chi connectivity index (χ1n) is 8.91. The Morgan fingerprint density at radius 2 is 1.89 bits per heavy atom. The van der Waals surface area contributed by atoms with E-state index in [-0.39, 0.29) is 17.4 Å². The van der Waals surface area contributed by atoms with Gasteiger partial charge in [0.2, 0.25) is 10.0 Å². The van der Waals surface area contributed by atoms with Crippen LogP contribution in [0.5, 0.6) is 5.75 Å². The average molecular weight is 418 g/mol. The van der Waals surface area contributed by atoms with Crippen LogP contribution in [-0.4, -0.2) is 43.3 Å². The lowest BCUT2D eigenvalue weighted by molar-refractivity contribution is -0.118. The summed E-state index contributed by atoms with van der Waals surface area (Å²) in [7, 11) is -3.48. The Kier molecular flexibility index (Phi) is 5.29. The van der Waals surface area contributed by atoms with E-state index in [9.17, 15) is 13.2 Å². The van der Waals surface area contributed by atoms with Gasteiger partial charge in [-0.15, -0.1) is 0 Å². The van der Waals surface area contributed by atoms with Crippen molar-refractivity contribution in [3.63, 3.8) is 0 Å². The predicted molar refractivity (Wildman–Crippen MR) is 108 cm³/mol. The molecule has 0 bridgehead atoms. The van der Waals surface area contributed by atoms with E-state index in [4.69, 9.17) is 4.74 Å². The maximum absolute atomic E-state index is 12.7. The summed E-state index contributed by atoms with van der Waals surface area (Å²) in [6, 6.07) is 13.9. The minimum Gasteiger partial charge on any atom is -0.484 e. The van der Waals surface area contributed by atoms with E-state index in [0.717, 1.165) is 12.8 Å². The van der Waals surface area contributed by atoms with Crippen LogP contribution in [0.3, 0.4) is 0 Å². The SMILES string of the molecule is O=C(COc1ccccc1)Nc1nc2ccc(S(=O)(=O)N3CCCC3)cc2s1. The van der Waals surface area contributed by atoms with Crippen molar-refractivity contribution in [3.05, 3.63) is 48.5 Å². The quantitative estimate of drug-likeness (QED) is 0.666. The second kappa shape index (κ2) is 7.86. The number of sulfonamides is 1. The molecule has 4 rings (SSSR count). The molecule has 9 heteroatoms. The number of amides is 1. The summed E-state index contributed by atoms with van der Waals surface area (Å²) in [5, 5.41) is 3.11. The Bertz CT molecular complexity index is 1090. The van der Waals surface area contributed by atoms with E-state index in [1.54, 1.807) is 30.3 Å². The van der Waals surface area contributed by atoms with Crippen LogP contribution in [0.1, 0.15) is 12.8 Å². The number of aromatic nitrogens is 1. The molecule has 2 heterocycles. The zero-order chi connectivity index (χ0) is 19.6. The number of ether oxygens (including phenoxy) is 1. The average Bonchev–Trinajstić information content (AvgIpc) is 3.36. The van der Waals surface area contributed by atoms with Gasteiger partial charge in [0.15, 0.2) is 11.7 Å². The van der Waals surface area contributed by atoms with Crippen LogP contribution >= 0.6 is 11.3 Å². The number of para-hydroxylation sites is 1. The highest BCUT2D eigenvalue weighted by Gasteiger charge is 2.27. The van der Waals surface area contributed by atoms with E-state index in [1.165, 1.54) is 15.6 Å². The number of nitrogens with one attached hydrogen (secondary N) is 1. The fraction of sp³-hybridized carbons (Fsp3) is 0.263. The molecule has 7 nitrogen and oxygen atoms in total. The van der Waals surface area contributed by atoms with E-state index in [1.807, 2.05) is 18.2 Å². The summed E-state index contributed by atoms with van der Waals surface area (Å²) in [6.45, 7) is 0.992. The second-order valence-electron chi connectivity index (χ2n) is 6.41. The minimum absolute atomic E-state index is 0.130. The van der Waals surface area contributed by atoms with Crippen LogP contribution in [0.2, 0.25) is 0 Å². The molecular formula is C19H19N3O4S2. The molecule has 146 valence electrons. The topological polar surface area (TPSA) is 88.6 Å². The maximum Gasteiger partial charge on any atom is 0.264 e. The summed E-state index contributed by atoms with van der Waals surface area (Å²) < 4.78 is 33.0. The fourth-order valence-electron chi connectivity index (χ4n) is 3.02. The molecule has 0 saturated carbocycles. The van der Waals surface area contributed by atoms with Crippen molar-refractivity contribution in [2.45, 2.75) is 17.7 Å². The van der Waals surface area contributed by atoms with Crippen LogP contribution in [0.4, 0.5) is 5.13 Å². The van der Waals surface area contributed by atoms with Crippen LogP contribution in [0.25, 0.3) is 10.2 Å². The van der Waals surface area contributed by atoms with Crippen LogP contribution in [-0.2, 0) is 14.8 Å². The van der Waals surface area contributed by atoms with Crippen LogP contribution in [0.15, 0.2) is 53.4 Å². The Labute approximate surface area is 167 Å². The number of anilines is 1. The Morgan fingerprint density at radius 3 is 2.64 bits per heavy atom. The monoisotopic (exact) mass is 417 g/mol. The maximum atomic E-state index is 12.7. The summed E-state index contributed by atoms with van der Waals surface area (Å²) in [6.07, 6.45) is 1.78. The standard InChI is InChI=1S/C19H19N3O4S2/c23-18(13-26-14-6-2-1-3-7-14)21-19-20-16-9-8-15(12-17(16)27-19)28(24,25)22-10-4-5-11-22/h1-3,6-9,12H,4-5,10-11,13H2,(H,20,21,23). The Hall–Kier alpha value is -2.49. The number of rotatable bonds is 6. The van der Waals surface area contributed by atoms with E-state index < -0.39 is 10.0 Å². The summed E-state index contributed by atoms with van der Waals surface area (Å²) in [4.78, 5) is 16.7. The van der Waals surface area contributed by atoms with Gasteiger partial charge in [-0.2, -0.15) is 4.31 Å². The van der Waals surface area contributed by atoms with Gasteiger partial charge >= 0.3 is 0 Å². The number of nitrogens with zero attached hydrogens (tertiary/aromatic N) is 2. The lowest BCUT2D eigenvalue weighted by atomic mass is 10.3. The Morgan fingerprint density at radius 1 is 1.14 bits per heavy atom. The van der Waals surface area contributed by atoms with Crippen molar-refractivity contribution in [3.8, 4) is 5.75 Å². The van der Waals surface area contributed by atoms with Crippen LogP contribution < -0.4 is 10.1 Å². The van der Waals surface area contributed by atoms with Gasteiger partial charge in [-0.1, -0.05) is 29.5 Å². The van der Waals surface area contributed by atoms with Gasteiger partial charge in [0.05, 0.1) is 15.1 Å². The zero-order valence-electron chi connectivity index (χ0n) is 15.0. The fourth-order valence-corrected chi connectivity index (χ4v) is 5.56. The molecule has 1 aliphatic heterocycles. The van der Waals surface area contributed by atoms with E-state index >= 15 is 0 Å². The largest absolute Gasteiger partial charge is 0.484 e. The number of thiazole rings is 1. The normalized spacial score (nSPS) is 15.0. The molecule has 28 heavy (non-hydrogen) atoms. The first-order valence-corrected chi connectivity index (χ1v) is 11.2. The molecule has 1 aliphatic rings. The molecule has 1 fully saturated rings. The molecule has 2 aromatic carbocycles.